The molecule has 124 valence electrons. The largest absolute Gasteiger partial charge is 0.338 e. The van der Waals surface area contributed by atoms with Gasteiger partial charge in [-0.3, -0.25) is 4.79 Å². The first-order valence-electron chi connectivity index (χ1n) is 8.23. The molecule has 3 rings (SSSR count). The number of amides is 3. The second-order valence-corrected chi connectivity index (χ2v) is 5.75. The molecule has 0 saturated heterocycles. The van der Waals surface area contributed by atoms with E-state index >= 15 is 0 Å². The Morgan fingerprint density at radius 2 is 1.92 bits per heavy atom. The number of hydrogen-bond donors (Lipinski definition) is 2. The fourth-order valence-corrected chi connectivity index (χ4v) is 2.96. The van der Waals surface area contributed by atoms with Gasteiger partial charge in [0.2, 0.25) is 0 Å². The molecular formula is C19H21N3O2. The van der Waals surface area contributed by atoms with Crippen LogP contribution >= 0.6 is 0 Å². The Balaban J connectivity index is 1.83. The highest BCUT2D eigenvalue weighted by molar-refractivity contribution is 6.07. The van der Waals surface area contributed by atoms with E-state index in [0.29, 0.717) is 18.7 Å². The van der Waals surface area contributed by atoms with Crippen LogP contribution in [0, 0.1) is 0 Å². The molecule has 0 atom stereocenters. The molecule has 0 aliphatic carbocycles. The van der Waals surface area contributed by atoms with Gasteiger partial charge in [-0.15, -0.1) is 0 Å². The number of anilines is 2. The minimum absolute atomic E-state index is 0.0148. The van der Waals surface area contributed by atoms with E-state index in [1.807, 2.05) is 60.4 Å². The van der Waals surface area contributed by atoms with Crippen LogP contribution < -0.4 is 15.5 Å². The third kappa shape index (κ3) is 3.40. The molecule has 0 aromatic heterocycles. The van der Waals surface area contributed by atoms with E-state index in [1.54, 1.807) is 0 Å². The molecule has 0 saturated carbocycles. The number of benzene rings is 2. The summed E-state index contributed by atoms with van der Waals surface area (Å²) in [5.74, 6) is 0.0148. The summed E-state index contributed by atoms with van der Waals surface area (Å²) in [6.07, 6.45) is 1.81. The lowest BCUT2D eigenvalue weighted by Gasteiger charge is -2.30. The van der Waals surface area contributed by atoms with E-state index < -0.39 is 0 Å². The average Bonchev–Trinajstić information content (AvgIpc) is 2.61. The number of nitrogens with zero attached hydrogens (tertiary/aromatic N) is 1. The zero-order valence-electron chi connectivity index (χ0n) is 13.7. The van der Waals surface area contributed by atoms with Gasteiger partial charge < -0.3 is 15.5 Å². The second-order valence-electron chi connectivity index (χ2n) is 5.75. The van der Waals surface area contributed by atoms with Gasteiger partial charge in [0.25, 0.3) is 5.91 Å². The second kappa shape index (κ2) is 7.17. The standard InChI is InChI=1S/C19H21N3O2/c1-2-20-19(24)21-16-10-11-17-15(13-16)9-6-12-22(17)18(23)14-7-4-3-5-8-14/h3-5,7-8,10-11,13H,2,6,9,12H2,1H3,(H2,20,21,24). The molecular weight excluding hydrogens is 302 g/mol. The molecule has 24 heavy (non-hydrogen) atoms. The lowest BCUT2D eigenvalue weighted by molar-refractivity contribution is 0.0985. The van der Waals surface area contributed by atoms with E-state index in [-0.39, 0.29) is 11.9 Å². The van der Waals surface area contributed by atoms with E-state index in [9.17, 15) is 9.59 Å². The summed E-state index contributed by atoms with van der Waals surface area (Å²) in [6.45, 7) is 3.17. The van der Waals surface area contributed by atoms with Crippen LogP contribution in [-0.2, 0) is 6.42 Å². The maximum atomic E-state index is 12.8. The van der Waals surface area contributed by atoms with Crippen molar-refractivity contribution >= 4 is 23.3 Å². The third-order valence-corrected chi connectivity index (χ3v) is 4.06. The summed E-state index contributed by atoms with van der Waals surface area (Å²) in [5.41, 5.74) is 3.44. The highest BCUT2D eigenvalue weighted by Gasteiger charge is 2.23. The molecule has 0 spiro atoms. The van der Waals surface area contributed by atoms with Gasteiger partial charge in [-0.05, 0) is 55.7 Å². The van der Waals surface area contributed by atoms with Gasteiger partial charge >= 0.3 is 6.03 Å². The molecule has 1 aliphatic heterocycles. The monoisotopic (exact) mass is 323 g/mol. The minimum Gasteiger partial charge on any atom is -0.338 e. The molecule has 0 fully saturated rings. The topological polar surface area (TPSA) is 61.4 Å². The van der Waals surface area contributed by atoms with E-state index in [4.69, 9.17) is 0 Å². The highest BCUT2D eigenvalue weighted by atomic mass is 16.2. The van der Waals surface area contributed by atoms with Gasteiger partial charge in [0, 0.05) is 30.0 Å². The summed E-state index contributed by atoms with van der Waals surface area (Å²) in [5, 5.41) is 5.52. The van der Waals surface area contributed by atoms with Gasteiger partial charge in [0.1, 0.15) is 0 Å². The first-order chi connectivity index (χ1) is 11.7. The maximum absolute atomic E-state index is 12.8. The molecule has 1 aliphatic rings. The maximum Gasteiger partial charge on any atom is 0.319 e. The molecule has 0 unspecified atom stereocenters. The molecule has 2 N–H and O–H groups in total. The van der Waals surface area contributed by atoms with Crippen LogP contribution in [0.4, 0.5) is 16.2 Å². The van der Waals surface area contributed by atoms with Crippen LogP contribution in [0.25, 0.3) is 0 Å². The van der Waals surface area contributed by atoms with Crippen molar-refractivity contribution in [2.24, 2.45) is 0 Å². The van der Waals surface area contributed by atoms with Crippen LogP contribution in [0.5, 0.6) is 0 Å². The molecule has 5 heteroatoms. The van der Waals surface area contributed by atoms with Gasteiger partial charge in [0.15, 0.2) is 0 Å². The number of hydrogen-bond acceptors (Lipinski definition) is 2. The number of carbonyl (C=O) groups is 2. The van der Waals surface area contributed by atoms with Crippen LogP contribution in [0.3, 0.4) is 0 Å². The number of nitrogens with one attached hydrogen (secondary N) is 2. The van der Waals surface area contributed by atoms with Crippen LogP contribution in [-0.4, -0.2) is 25.0 Å². The van der Waals surface area contributed by atoms with E-state index in [1.165, 1.54) is 0 Å². The van der Waals surface area contributed by atoms with Crippen molar-refractivity contribution < 1.29 is 9.59 Å². The molecule has 3 amide bonds. The van der Waals surface area contributed by atoms with Crippen LogP contribution in [0.2, 0.25) is 0 Å². The number of aryl methyl sites for hydroxylation is 1. The fraction of sp³-hybridized carbons (Fsp3) is 0.263. The number of rotatable bonds is 3. The molecule has 2 aromatic carbocycles. The van der Waals surface area contributed by atoms with Gasteiger partial charge in [-0.1, -0.05) is 18.2 Å². The fourth-order valence-electron chi connectivity index (χ4n) is 2.96. The first-order valence-corrected chi connectivity index (χ1v) is 8.23. The van der Waals surface area contributed by atoms with Crippen molar-refractivity contribution in [3.8, 4) is 0 Å². The molecule has 0 radical (unpaired) electrons. The molecule has 1 heterocycles. The Hall–Kier alpha value is -2.82. The predicted octanol–water partition coefficient (Wildman–Crippen LogP) is 3.42. The molecule has 0 bridgehead atoms. The number of urea groups is 1. The predicted molar refractivity (Wildman–Crippen MR) is 95.6 cm³/mol. The van der Waals surface area contributed by atoms with Crippen molar-refractivity contribution in [2.75, 3.05) is 23.3 Å². The minimum atomic E-state index is -0.217. The third-order valence-electron chi connectivity index (χ3n) is 4.06. The van der Waals surface area contributed by atoms with Crippen molar-refractivity contribution in [3.63, 3.8) is 0 Å². The zero-order chi connectivity index (χ0) is 16.9. The average molecular weight is 323 g/mol. The number of fused-ring (bicyclic) bond motifs is 1. The van der Waals surface area contributed by atoms with Gasteiger partial charge in [-0.2, -0.15) is 0 Å². The Morgan fingerprint density at radius 3 is 2.67 bits per heavy atom. The first kappa shape index (κ1) is 16.1. The Bertz CT molecular complexity index is 744. The van der Waals surface area contributed by atoms with E-state index in [0.717, 1.165) is 29.8 Å². The Morgan fingerprint density at radius 1 is 1.12 bits per heavy atom. The molecule has 5 nitrogen and oxygen atoms in total. The lowest BCUT2D eigenvalue weighted by Crippen LogP contribution is -2.35. The van der Waals surface area contributed by atoms with Crippen molar-refractivity contribution in [3.05, 3.63) is 59.7 Å². The summed E-state index contributed by atoms with van der Waals surface area (Å²) in [6, 6.07) is 14.8. The SMILES string of the molecule is CCNC(=O)Nc1ccc2c(c1)CCCN2C(=O)c1ccccc1. The highest BCUT2D eigenvalue weighted by Crippen LogP contribution is 2.30. The molecule has 2 aromatic rings. The van der Waals surface area contributed by atoms with Crippen LogP contribution in [0.1, 0.15) is 29.3 Å². The lowest BCUT2D eigenvalue weighted by atomic mass is 10.00. The quantitative estimate of drug-likeness (QED) is 0.909. The Kier molecular flexibility index (Phi) is 4.79. The van der Waals surface area contributed by atoms with Crippen molar-refractivity contribution in [1.82, 2.24) is 5.32 Å². The normalized spacial score (nSPS) is 13.1. The number of carbonyl (C=O) groups excluding carboxylic acids is 2. The van der Waals surface area contributed by atoms with E-state index in [2.05, 4.69) is 10.6 Å². The smallest absolute Gasteiger partial charge is 0.319 e. The summed E-state index contributed by atoms with van der Waals surface area (Å²) >= 11 is 0. The zero-order valence-corrected chi connectivity index (χ0v) is 13.7. The summed E-state index contributed by atoms with van der Waals surface area (Å²) < 4.78 is 0. The summed E-state index contributed by atoms with van der Waals surface area (Å²) in [4.78, 5) is 26.2. The van der Waals surface area contributed by atoms with Gasteiger partial charge in [0.05, 0.1) is 0 Å². The summed E-state index contributed by atoms with van der Waals surface area (Å²) in [7, 11) is 0. The van der Waals surface area contributed by atoms with Crippen LogP contribution in [0.15, 0.2) is 48.5 Å². The van der Waals surface area contributed by atoms with Crippen molar-refractivity contribution in [2.45, 2.75) is 19.8 Å². The van der Waals surface area contributed by atoms with Gasteiger partial charge in [-0.25, -0.2) is 4.79 Å². The van der Waals surface area contributed by atoms with Crippen molar-refractivity contribution in [1.29, 1.82) is 0 Å². The Labute approximate surface area is 141 Å².